The topological polar surface area (TPSA) is 339 Å². The van der Waals surface area contributed by atoms with Crippen LogP contribution in [-0.2, 0) is 52.1 Å². The van der Waals surface area contributed by atoms with Crippen LogP contribution in [0, 0.1) is 0 Å². The summed E-state index contributed by atoms with van der Waals surface area (Å²) in [7, 11) is 1.16. The van der Waals surface area contributed by atoms with E-state index in [0.29, 0.717) is 9.80 Å². The minimum Gasteiger partial charge on any atom is -0.459 e. The average Bonchev–Trinajstić information content (AvgIpc) is 1.60. The lowest BCUT2D eigenvalue weighted by Gasteiger charge is -2.53. The normalized spacial score (nSPS) is 26.1. The predicted molar refractivity (Wildman–Crippen MR) is 358 cm³/mol. The number of aliphatic hydroxyl groups is 2. The maximum absolute atomic E-state index is 15.6. The van der Waals surface area contributed by atoms with Gasteiger partial charge in [-0.25, -0.2) is 24.0 Å². The van der Waals surface area contributed by atoms with Crippen LogP contribution < -0.4 is 0 Å². The Bertz CT molecular complexity index is 4560. The molecule has 534 valence electrons. The van der Waals surface area contributed by atoms with Gasteiger partial charge in [0.2, 0.25) is 0 Å². The summed E-state index contributed by atoms with van der Waals surface area (Å²) in [5, 5.41) is 24.8. The van der Waals surface area contributed by atoms with Crippen molar-refractivity contribution in [3.05, 3.63) is 286 Å². The zero-order valence-corrected chi connectivity index (χ0v) is 55.4. The van der Waals surface area contributed by atoms with Crippen LogP contribution in [0.2, 0.25) is 0 Å². The highest BCUT2D eigenvalue weighted by Crippen LogP contribution is 2.43. The molecule has 0 saturated carbocycles. The van der Waals surface area contributed by atoms with E-state index in [2.05, 4.69) is 0 Å². The molecule has 3 saturated heterocycles. The number of hydrogen-bond acceptors (Lipinski definition) is 24. The molecule has 0 aliphatic carbocycles. The highest BCUT2D eigenvalue weighted by atomic mass is 16.8. The summed E-state index contributed by atoms with van der Waals surface area (Å²) in [6.45, 7) is -2.95. The largest absolute Gasteiger partial charge is 0.459 e. The summed E-state index contributed by atoms with van der Waals surface area (Å²) in [5.74, 6) is -11.4. The van der Waals surface area contributed by atoms with E-state index in [0.717, 1.165) is 12.0 Å². The number of amides is 6. The van der Waals surface area contributed by atoms with Gasteiger partial charge in [-0.05, 0) is 97.1 Å². The van der Waals surface area contributed by atoms with Crippen LogP contribution in [0.5, 0.6) is 0 Å². The SMILES string of the molecule is CO[C@H]1OC(COC(=O)c2ccccc2)[C@@H](OC2OC(CO)C(O[C@H]3OC(COC(=O)c4ccccc4)[C@@H](O)C(OC(=O)c4ccccc4)[C@@H]3N3C(=O)c4ccccc4C3=O)[C@H](OC(=O)c3ccccc3)[C@H]2N2C(=O)c3ccccc3C2=O)C(OC(=O)c2ccccc2)[C@@H]1N1C(=O)c2ccccc2C1=O. The third-order valence-corrected chi connectivity index (χ3v) is 18.8. The van der Waals surface area contributed by atoms with Crippen molar-refractivity contribution in [2.24, 2.45) is 0 Å². The van der Waals surface area contributed by atoms with Gasteiger partial charge in [-0.3, -0.25) is 43.5 Å². The molecule has 15 atom stereocenters. The molecule has 0 aromatic heterocycles. The van der Waals surface area contributed by atoms with E-state index >= 15 is 24.0 Å². The lowest BCUT2D eigenvalue weighted by Crippen LogP contribution is -2.72. The molecule has 3 fully saturated rings. The smallest absolute Gasteiger partial charge is 0.338 e. The van der Waals surface area contributed by atoms with E-state index in [1.165, 1.54) is 170 Å². The van der Waals surface area contributed by atoms with Crippen LogP contribution in [0.3, 0.4) is 0 Å². The lowest BCUT2D eigenvalue weighted by atomic mass is 9.91. The third-order valence-electron chi connectivity index (χ3n) is 18.8. The third kappa shape index (κ3) is 13.6. The number of imide groups is 3. The van der Waals surface area contributed by atoms with Crippen molar-refractivity contribution in [3.8, 4) is 0 Å². The van der Waals surface area contributed by atoms with Crippen LogP contribution >= 0.6 is 0 Å². The number of carbonyl (C=O) groups excluding carboxylic acids is 11. The van der Waals surface area contributed by atoms with Crippen LogP contribution in [0.15, 0.2) is 224 Å². The molecule has 6 aliphatic rings. The average molecular weight is 1430 g/mol. The van der Waals surface area contributed by atoms with Crippen molar-refractivity contribution >= 4 is 65.3 Å². The van der Waals surface area contributed by atoms with Crippen LogP contribution in [0.4, 0.5) is 0 Å². The molecule has 0 bridgehead atoms. The molecule has 105 heavy (non-hydrogen) atoms. The van der Waals surface area contributed by atoms with Gasteiger partial charge in [0.05, 0.1) is 67.8 Å². The van der Waals surface area contributed by atoms with Gasteiger partial charge in [0.25, 0.3) is 35.4 Å². The quantitative estimate of drug-likeness (QED) is 0.0451. The number of ether oxygens (including phenoxy) is 11. The van der Waals surface area contributed by atoms with Gasteiger partial charge in [-0.1, -0.05) is 127 Å². The van der Waals surface area contributed by atoms with Crippen LogP contribution in [0.1, 0.15) is 114 Å². The Balaban J connectivity index is 0.940. The number of hydrogen-bond donors (Lipinski definition) is 2. The molecule has 6 heterocycles. The zero-order chi connectivity index (χ0) is 73.2. The minimum absolute atomic E-state index is 0.0492. The molecule has 14 rings (SSSR count). The monoisotopic (exact) mass is 1430 g/mol. The summed E-state index contributed by atoms with van der Waals surface area (Å²) in [5.41, 5.74) is -1.14. The molecule has 8 aromatic rings. The van der Waals surface area contributed by atoms with Gasteiger partial charge < -0.3 is 62.3 Å². The Labute approximate surface area is 597 Å². The van der Waals surface area contributed by atoms with Crippen molar-refractivity contribution < 1.29 is 115 Å². The first-order valence-electron chi connectivity index (χ1n) is 33.3. The Hall–Kier alpha value is -11.8. The molecular weight excluding hydrogens is 1360 g/mol. The number of benzene rings is 8. The zero-order valence-electron chi connectivity index (χ0n) is 55.4. The van der Waals surface area contributed by atoms with Crippen molar-refractivity contribution in [2.45, 2.75) is 91.9 Å². The maximum atomic E-state index is 15.6. The molecule has 0 radical (unpaired) electrons. The molecule has 6 aliphatic heterocycles. The van der Waals surface area contributed by atoms with E-state index in [9.17, 15) is 39.0 Å². The summed E-state index contributed by atoms with van der Waals surface area (Å²) < 4.78 is 71.3. The van der Waals surface area contributed by atoms with Gasteiger partial charge >= 0.3 is 29.8 Å². The first kappa shape index (κ1) is 70.3. The fourth-order valence-corrected chi connectivity index (χ4v) is 13.7. The summed E-state index contributed by atoms with van der Waals surface area (Å²) in [6, 6.07) is 48.1. The second kappa shape index (κ2) is 30.3. The number of carbonyl (C=O) groups is 11. The van der Waals surface area contributed by atoms with Crippen molar-refractivity contribution in [3.63, 3.8) is 0 Å². The Morgan fingerprint density at radius 1 is 0.333 bits per heavy atom. The summed E-state index contributed by atoms with van der Waals surface area (Å²) in [4.78, 5) is 166. The molecule has 27 nitrogen and oxygen atoms in total. The van der Waals surface area contributed by atoms with E-state index in [4.69, 9.17) is 52.1 Å². The Morgan fingerprint density at radius 2 is 0.590 bits per heavy atom. The van der Waals surface area contributed by atoms with Crippen molar-refractivity contribution in [1.82, 2.24) is 14.7 Å². The van der Waals surface area contributed by atoms with E-state index in [1.54, 1.807) is 54.6 Å². The maximum Gasteiger partial charge on any atom is 0.338 e. The molecule has 0 spiro atoms. The van der Waals surface area contributed by atoms with Crippen molar-refractivity contribution in [1.29, 1.82) is 0 Å². The first-order chi connectivity index (χ1) is 51.0. The number of aliphatic hydroxyl groups excluding tert-OH is 2. The van der Waals surface area contributed by atoms with E-state index < -0.39 is 177 Å². The lowest BCUT2D eigenvalue weighted by molar-refractivity contribution is -0.359. The van der Waals surface area contributed by atoms with Crippen molar-refractivity contribution in [2.75, 3.05) is 26.9 Å². The molecule has 6 amide bonds. The highest BCUT2D eigenvalue weighted by molar-refractivity contribution is 6.23. The molecule has 27 heteroatoms. The first-order valence-corrected chi connectivity index (χ1v) is 33.3. The number of methoxy groups -OCH3 is 1. The number of fused-ring (bicyclic) bond motifs is 3. The second-order valence-corrected chi connectivity index (χ2v) is 24.9. The van der Waals surface area contributed by atoms with Crippen LogP contribution in [0.25, 0.3) is 0 Å². The van der Waals surface area contributed by atoms with Gasteiger partial charge in [0, 0.05) is 7.11 Å². The minimum atomic E-state index is -2.36. The van der Waals surface area contributed by atoms with E-state index in [1.807, 2.05) is 0 Å². The standard InChI is InChI=1S/C78H63N3O24/c1-95-76-57(80-67(86)49-35-19-20-36-50(49)68(80)87)63(102-74(93)45-29-13-5-14-30-45)61(55(100-76)41-97-72(91)43-25-9-3-10-26-43)105-78-58(81-69(88)51-37-21-22-38-52(51)70(81)89)64(103-75(94)46-31-15-6-16-32-46)60(53(39-82)98-78)104-77-56(79-65(84)47-33-17-18-34-48(47)66(79)85)62(101-73(92)44-27-11-4-12-28-44)59(83)54(99-77)40-96-71(90)42-23-7-2-8-24-42/h2-38,53-64,76-78,82-83H,39-41H2,1H3/t53?,54?,55?,56-,57-,58+,59+,60?,61+,62?,63?,64+,76-,77+,78?/m0/s1. The second-order valence-electron chi connectivity index (χ2n) is 24.9. The predicted octanol–water partition coefficient (Wildman–Crippen LogP) is 6.32. The molecule has 8 aromatic carbocycles. The van der Waals surface area contributed by atoms with Gasteiger partial charge in [-0.2, -0.15) is 0 Å². The number of nitrogens with zero attached hydrogens (tertiary/aromatic N) is 3. The van der Waals surface area contributed by atoms with Crippen LogP contribution in [-0.4, -0.2) is 209 Å². The van der Waals surface area contributed by atoms with Gasteiger partial charge in [0.15, 0.2) is 37.2 Å². The highest BCUT2D eigenvalue weighted by Gasteiger charge is 2.64. The molecular formula is C78H63N3O24. The Morgan fingerprint density at radius 3 is 0.914 bits per heavy atom. The molecule has 7 unspecified atom stereocenters. The summed E-state index contributed by atoms with van der Waals surface area (Å²) in [6.07, 6.45) is -25.0. The number of esters is 5. The van der Waals surface area contributed by atoms with Gasteiger partial charge in [0.1, 0.15) is 68.0 Å². The molecule has 2 N–H and O–H groups in total. The fraction of sp³-hybridized carbons (Fsp3) is 0.244. The fourth-order valence-electron chi connectivity index (χ4n) is 13.7. The van der Waals surface area contributed by atoms with E-state index in [-0.39, 0.29) is 61.2 Å². The van der Waals surface area contributed by atoms with Gasteiger partial charge in [-0.15, -0.1) is 0 Å². The summed E-state index contributed by atoms with van der Waals surface area (Å²) >= 11 is 0. The number of rotatable bonds is 21. The Kier molecular flexibility index (Phi) is 20.2.